The van der Waals surface area contributed by atoms with Crippen LogP contribution in [0.2, 0.25) is 0 Å². The molecule has 1 unspecified atom stereocenters. The minimum atomic E-state index is -0.477. The lowest BCUT2D eigenvalue weighted by molar-refractivity contribution is 0.0240. The fraction of sp³-hybridized carbons (Fsp3) is 0.464. The van der Waals surface area contributed by atoms with Crippen LogP contribution in [-0.2, 0) is 4.74 Å². The topological polar surface area (TPSA) is 61.8 Å². The summed E-state index contributed by atoms with van der Waals surface area (Å²) in [5.74, 6) is 0.923. The van der Waals surface area contributed by atoms with Gasteiger partial charge in [-0.3, -0.25) is 0 Å². The molecule has 0 spiro atoms. The van der Waals surface area contributed by atoms with E-state index in [2.05, 4.69) is 59.2 Å². The summed E-state index contributed by atoms with van der Waals surface area (Å²) in [5, 5.41) is 1.21. The second kappa shape index (κ2) is 9.36. The van der Waals surface area contributed by atoms with Crippen LogP contribution >= 0.6 is 0 Å². The summed E-state index contributed by atoms with van der Waals surface area (Å²) in [7, 11) is 0. The lowest BCUT2D eigenvalue weighted by Gasteiger charge is -2.36. The molecule has 0 saturated carbocycles. The first-order chi connectivity index (χ1) is 16.8. The summed E-state index contributed by atoms with van der Waals surface area (Å²) in [4.78, 5) is 28.6. The Balaban J connectivity index is 1.33. The molecule has 1 amide bonds. The maximum atomic E-state index is 12.4. The lowest BCUT2D eigenvalue weighted by Crippen LogP contribution is -2.50. The molecule has 2 aliphatic heterocycles. The molecule has 184 valence electrons. The van der Waals surface area contributed by atoms with Gasteiger partial charge in [-0.1, -0.05) is 18.2 Å². The maximum Gasteiger partial charge on any atom is 0.410 e. The van der Waals surface area contributed by atoms with Crippen LogP contribution in [0, 0.1) is 0 Å². The normalized spacial score (nSPS) is 18.9. The van der Waals surface area contributed by atoms with Gasteiger partial charge in [0.25, 0.3) is 0 Å². The minimum Gasteiger partial charge on any atom is -0.444 e. The third-order valence-corrected chi connectivity index (χ3v) is 6.86. The lowest BCUT2D eigenvalue weighted by atomic mass is 10.1. The predicted octanol–water partition coefficient (Wildman–Crippen LogP) is 5.34. The number of ether oxygens (including phenoxy) is 1. The molecule has 0 aliphatic carbocycles. The van der Waals surface area contributed by atoms with Gasteiger partial charge in [0, 0.05) is 61.6 Å². The number of aromatic nitrogens is 2. The highest BCUT2D eigenvalue weighted by atomic mass is 16.6. The average molecular weight is 474 g/mol. The quantitative estimate of drug-likeness (QED) is 0.512. The van der Waals surface area contributed by atoms with Crippen LogP contribution in [0.4, 0.5) is 16.3 Å². The zero-order chi connectivity index (χ0) is 24.6. The van der Waals surface area contributed by atoms with Gasteiger partial charge in [0.05, 0.1) is 11.2 Å². The van der Waals surface area contributed by atoms with E-state index in [1.54, 1.807) is 4.90 Å². The summed E-state index contributed by atoms with van der Waals surface area (Å²) in [5.41, 5.74) is 3.76. The monoisotopic (exact) mass is 473 g/mol. The second-order valence-electron chi connectivity index (χ2n) is 10.6. The molecule has 5 rings (SSSR count). The Morgan fingerprint density at radius 1 is 1.03 bits per heavy atom. The SMILES string of the molecule is CC1CCCN1c1cc(-c2ccc(N3CCN(C(=O)OC(C)(C)C)CC3)nc2)nc2ccccc12. The van der Waals surface area contributed by atoms with Gasteiger partial charge in [0.2, 0.25) is 0 Å². The van der Waals surface area contributed by atoms with Gasteiger partial charge >= 0.3 is 6.09 Å². The number of hydrogen-bond acceptors (Lipinski definition) is 6. The van der Waals surface area contributed by atoms with Crippen LogP contribution in [0.15, 0.2) is 48.7 Å². The first kappa shape index (κ1) is 23.4. The van der Waals surface area contributed by atoms with Crippen LogP contribution in [0.1, 0.15) is 40.5 Å². The third kappa shape index (κ3) is 5.04. The van der Waals surface area contributed by atoms with Gasteiger partial charge in [-0.25, -0.2) is 14.8 Å². The van der Waals surface area contributed by atoms with E-state index in [4.69, 9.17) is 14.7 Å². The number of nitrogens with zero attached hydrogens (tertiary/aromatic N) is 5. The summed E-state index contributed by atoms with van der Waals surface area (Å²) in [6, 6.07) is 15.3. The Labute approximate surface area is 207 Å². The van der Waals surface area contributed by atoms with Gasteiger partial charge in [-0.05, 0) is 64.8 Å². The van der Waals surface area contributed by atoms with Crippen molar-refractivity contribution in [3.8, 4) is 11.3 Å². The molecule has 35 heavy (non-hydrogen) atoms. The number of amides is 1. The first-order valence-electron chi connectivity index (χ1n) is 12.6. The van der Waals surface area contributed by atoms with E-state index in [9.17, 15) is 4.79 Å². The molecule has 2 aliphatic rings. The molecular formula is C28H35N5O2. The number of para-hydroxylation sites is 1. The van der Waals surface area contributed by atoms with Crippen molar-refractivity contribution in [1.82, 2.24) is 14.9 Å². The van der Waals surface area contributed by atoms with E-state index in [0.717, 1.165) is 42.2 Å². The van der Waals surface area contributed by atoms with Crippen molar-refractivity contribution in [2.24, 2.45) is 0 Å². The molecule has 3 aromatic rings. The van der Waals surface area contributed by atoms with Crippen LogP contribution in [0.25, 0.3) is 22.2 Å². The van der Waals surface area contributed by atoms with E-state index in [0.29, 0.717) is 19.1 Å². The highest BCUT2D eigenvalue weighted by Gasteiger charge is 2.27. The highest BCUT2D eigenvalue weighted by Crippen LogP contribution is 2.35. The van der Waals surface area contributed by atoms with Gasteiger partial charge in [0.15, 0.2) is 0 Å². The number of fused-ring (bicyclic) bond motifs is 1. The van der Waals surface area contributed by atoms with Crippen molar-refractivity contribution in [1.29, 1.82) is 0 Å². The first-order valence-corrected chi connectivity index (χ1v) is 12.6. The van der Waals surface area contributed by atoms with Crippen molar-refractivity contribution in [2.75, 3.05) is 42.5 Å². The zero-order valence-electron chi connectivity index (χ0n) is 21.2. The molecule has 0 radical (unpaired) electrons. The highest BCUT2D eigenvalue weighted by molar-refractivity contribution is 5.94. The van der Waals surface area contributed by atoms with Crippen molar-refractivity contribution < 1.29 is 9.53 Å². The van der Waals surface area contributed by atoms with Gasteiger partial charge in [-0.2, -0.15) is 0 Å². The Hall–Kier alpha value is -3.35. The molecule has 1 aromatic carbocycles. The molecule has 0 bridgehead atoms. The van der Waals surface area contributed by atoms with E-state index in [-0.39, 0.29) is 6.09 Å². The van der Waals surface area contributed by atoms with E-state index < -0.39 is 5.60 Å². The number of piperazine rings is 1. The van der Waals surface area contributed by atoms with Gasteiger partial charge < -0.3 is 19.4 Å². The van der Waals surface area contributed by atoms with Crippen molar-refractivity contribution in [3.63, 3.8) is 0 Å². The van der Waals surface area contributed by atoms with E-state index in [1.165, 1.54) is 23.9 Å². The largest absolute Gasteiger partial charge is 0.444 e. The van der Waals surface area contributed by atoms with Gasteiger partial charge in [0.1, 0.15) is 11.4 Å². The Kier molecular flexibility index (Phi) is 6.26. The summed E-state index contributed by atoms with van der Waals surface area (Å²) in [6.45, 7) is 11.8. The fourth-order valence-corrected chi connectivity index (χ4v) is 5.00. The zero-order valence-corrected chi connectivity index (χ0v) is 21.2. The molecule has 2 aromatic heterocycles. The van der Waals surface area contributed by atoms with E-state index >= 15 is 0 Å². The number of benzene rings is 1. The molecule has 7 nitrogen and oxygen atoms in total. The Morgan fingerprint density at radius 3 is 2.46 bits per heavy atom. The number of hydrogen-bond donors (Lipinski definition) is 0. The Morgan fingerprint density at radius 2 is 1.80 bits per heavy atom. The number of pyridine rings is 2. The number of carbonyl (C=O) groups excluding carboxylic acids is 1. The molecule has 0 N–H and O–H groups in total. The van der Waals surface area contributed by atoms with Gasteiger partial charge in [-0.15, -0.1) is 0 Å². The van der Waals surface area contributed by atoms with Crippen LogP contribution in [-0.4, -0.2) is 65.3 Å². The number of rotatable bonds is 3. The van der Waals surface area contributed by atoms with Crippen LogP contribution in [0.3, 0.4) is 0 Å². The second-order valence-corrected chi connectivity index (χ2v) is 10.6. The summed E-state index contributed by atoms with van der Waals surface area (Å²) >= 11 is 0. The van der Waals surface area contributed by atoms with Crippen molar-refractivity contribution in [2.45, 2.75) is 52.2 Å². The Bertz CT molecular complexity index is 1200. The molecule has 2 fully saturated rings. The predicted molar refractivity (Wildman–Crippen MR) is 141 cm³/mol. The average Bonchev–Trinajstić information content (AvgIpc) is 3.28. The van der Waals surface area contributed by atoms with Crippen LogP contribution in [0.5, 0.6) is 0 Å². The maximum absolute atomic E-state index is 12.4. The molecule has 4 heterocycles. The summed E-state index contributed by atoms with van der Waals surface area (Å²) < 4.78 is 5.51. The van der Waals surface area contributed by atoms with Crippen molar-refractivity contribution >= 4 is 28.5 Å². The summed E-state index contributed by atoms with van der Waals surface area (Å²) in [6.07, 6.45) is 4.13. The molecular weight excluding hydrogens is 438 g/mol. The van der Waals surface area contributed by atoms with E-state index in [1.807, 2.05) is 27.0 Å². The number of anilines is 2. The van der Waals surface area contributed by atoms with Crippen molar-refractivity contribution in [3.05, 3.63) is 48.7 Å². The molecule has 2 saturated heterocycles. The third-order valence-electron chi connectivity index (χ3n) is 6.86. The smallest absolute Gasteiger partial charge is 0.410 e. The molecule has 7 heteroatoms. The van der Waals surface area contributed by atoms with Crippen LogP contribution < -0.4 is 9.80 Å². The minimum absolute atomic E-state index is 0.244. The molecule has 1 atom stereocenters. The number of carbonyl (C=O) groups is 1. The standard InChI is InChI=1S/C28H35N5O2/c1-20-8-7-13-33(20)25-18-24(30-23-10-6-5-9-22(23)25)21-11-12-26(29-19-21)31-14-16-32(17-15-31)27(34)35-28(2,3)4/h5-6,9-12,18-20H,7-8,13-17H2,1-4H3. The fourth-order valence-electron chi connectivity index (χ4n) is 5.00.